The van der Waals surface area contributed by atoms with Crippen LogP contribution in [0.1, 0.15) is 5.56 Å². The summed E-state index contributed by atoms with van der Waals surface area (Å²) < 4.78 is 37.2. The molecular formula is C19H19NO7P+. The number of aryl methyl sites for hydroxylation is 1. The van der Waals surface area contributed by atoms with Crippen molar-refractivity contribution < 1.29 is 32.7 Å². The van der Waals surface area contributed by atoms with Crippen LogP contribution < -0.4 is 18.7 Å². The Hall–Kier alpha value is -3.09. The summed E-state index contributed by atoms with van der Waals surface area (Å²) in [7, 11) is 1.76. The van der Waals surface area contributed by atoms with Gasteiger partial charge >= 0.3 is 8.25 Å². The van der Waals surface area contributed by atoms with Gasteiger partial charge in [-0.3, -0.25) is 0 Å². The van der Waals surface area contributed by atoms with E-state index < -0.39 is 8.25 Å². The number of methoxy groups -OCH3 is 3. The first-order chi connectivity index (χ1) is 13.5. The standard InChI is InChI=1S/C19H18NO7P/c1-11-7-13(9-17(24-3)19(11)25-4)18-14(10-26-20-18)12-5-6-15(23-2)16(8-12)27-28(21)22/h5-10H,1-4H3/p+1. The molecule has 3 rings (SSSR count). The van der Waals surface area contributed by atoms with Crippen LogP contribution in [0.4, 0.5) is 0 Å². The molecule has 0 saturated carbocycles. The highest BCUT2D eigenvalue weighted by Crippen LogP contribution is 2.41. The lowest BCUT2D eigenvalue weighted by molar-refractivity contribution is 0.353. The van der Waals surface area contributed by atoms with E-state index in [4.69, 9.17) is 28.2 Å². The third-order valence-electron chi connectivity index (χ3n) is 4.16. The second-order valence-corrected chi connectivity index (χ2v) is 6.46. The molecule has 1 aromatic heterocycles. The molecule has 0 fully saturated rings. The maximum atomic E-state index is 11.1. The summed E-state index contributed by atoms with van der Waals surface area (Å²) in [4.78, 5) is 9.09. The summed E-state index contributed by atoms with van der Waals surface area (Å²) in [5.41, 5.74) is 3.57. The van der Waals surface area contributed by atoms with Crippen molar-refractivity contribution in [1.29, 1.82) is 0 Å². The molecule has 0 spiro atoms. The maximum absolute atomic E-state index is 11.1. The van der Waals surface area contributed by atoms with Crippen molar-refractivity contribution in [2.24, 2.45) is 0 Å². The molecule has 0 amide bonds. The van der Waals surface area contributed by atoms with Gasteiger partial charge in [0, 0.05) is 15.7 Å². The van der Waals surface area contributed by atoms with Crippen LogP contribution in [0.25, 0.3) is 22.4 Å². The summed E-state index contributed by atoms with van der Waals surface area (Å²) in [6.07, 6.45) is 1.49. The Balaban J connectivity index is 2.10. The highest BCUT2D eigenvalue weighted by Gasteiger charge is 2.22. The van der Waals surface area contributed by atoms with Crippen LogP contribution in [0.2, 0.25) is 0 Å². The molecule has 0 aliphatic carbocycles. The summed E-state index contributed by atoms with van der Waals surface area (Å²) in [6.45, 7) is 1.90. The van der Waals surface area contributed by atoms with Crippen molar-refractivity contribution in [3.05, 3.63) is 42.2 Å². The lowest BCUT2D eigenvalue weighted by Gasteiger charge is -2.12. The molecule has 0 aliphatic heterocycles. The molecule has 8 nitrogen and oxygen atoms in total. The minimum Gasteiger partial charge on any atom is -0.493 e. The zero-order valence-electron chi connectivity index (χ0n) is 15.8. The van der Waals surface area contributed by atoms with E-state index in [-0.39, 0.29) is 5.75 Å². The number of hydrogen-bond donors (Lipinski definition) is 1. The predicted molar refractivity (Wildman–Crippen MR) is 102 cm³/mol. The van der Waals surface area contributed by atoms with E-state index in [0.29, 0.717) is 34.1 Å². The van der Waals surface area contributed by atoms with E-state index in [1.807, 2.05) is 13.0 Å². The molecule has 9 heteroatoms. The van der Waals surface area contributed by atoms with E-state index in [1.54, 1.807) is 38.5 Å². The molecule has 1 unspecified atom stereocenters. The Kier molecular flexibility index (Phi) is 5.82. The van der Waals surface area contributed by atoms with Crippen LogP contribution in [0.15, 0.2) is 41.1 Å². The van der Waals surface area contributed by atoms with Gasteiger partial charge in [-0.25, -0.2) is 4.52 Å². The Morgan fingerprint density at radius 3 is 2.32 bits per heavy atom. The third kappa shape index (κ3) is 3.78. The number of hydrogen-bond acceptors (Lipinski definition) is 7. The number of ether oxygens (including phenoxy) is 3. The highest BCUT2D eigenvalue weighted by molar-refractivity contribution is 7.32. The second kappa shape index (κ2) is 8.29. The lowest BCUT2D eigenvalue weighted by Crippen LogP contribution is -1.95. The smallest absolute Gasteiger partial charge is 0.493 e. The van der Waals surface area contributed by atoms with E-state index in [1.165, 1.54) is 13.4 Å². The molecule has 1 atom stereocenters. The van der Waals surface area contributed by atoms with Crippen molar-refractivity contribution in [3.63, 3.8) is 0 Å². The van der Waals surface area contributed by atoms with Crippen molar-refractivity contribution in [1.82, 2.24) is 5.16 Å². The zero-order chi connectivity index (χ0) is 20.3. The molecular weight excluding hydrogens is 385 g/mol. The molecule has 2 aromatic carbocycles. The van der Waals surface area contributed by atoms with Gasteiger partial charge in [0.05, 0.1) is 21.3 Å². The average Bonchev–Trinajstić information content (AvgIpc) is 3.16. The van der Waals surface area contributed by atoms with Crippen molar-refractivity contribution in [2.45, 2.75) is 6.92 Å². The van der Waals surface area contributed by atoms with Crippen LogP contribution in [0.3, 0.4) is 0 Å². The van der Waals surface area contributed by atoms with Gasteiger partial charge < -0.3 is 18.7 Å². The van der Waals surface area contributed by atoms with E-state index in [0.717, 1.165) is 11.1 Å². The van der Waals surface area contributed by atoms with Gasteiger partial charge in [0.1, 0.15) is 12.0 Å². The summed E-state index contributed by atoms with van der Waals surface area (Å²) in [6, 6.07) is 8.72. The van der Waals surface area contributed by atoms with Crippen LogP contribution in [0.5, 0.6) is 23.0 Å². The molecule has 0 saturated heterocycles. The lowest BCUT2D eigenvalue weighted by atomic mass is 9.99. The molecule has 146 valence electrons. The number of nitrogens with zero attached hydrogens (tertiary/aromatic N) is 1. The molecule has 28 heavy (non-hydrogen) atoms. The molecule has 1 heterocycles. The van der Waals surface area contributed by atoms with Crippen molar-refractivity contribution in [3.8, 4) is 45.4 Å². The highest BCUT2D eigenvalue weighted by atomic mass is 31.1. The normalized spacial score (nSPS) is 11.1. The van der Waals surface area contributed by atoms with Gasteiger partial charge in [0.25, 0.3) is 0 Å². The Bertz CT molecular complexity index is 1020. The van der Waals surface area contributed by atoms with E-state index >= 15 is 0 Å². The fourth-order valence-corrected chi connectivity index (χ4v) is 3.25. The fourth-order valence-electron chi connectivity index (χ4n) is 2.94. The van der Waals surface area contributed by atoms with Gasteiger partial charge in [0.15, 0.2) is 17.2 Å². The van der Waals surface area contributed by atoms with Gasteiger partial charge in [-0.1, -0.05) is 11.2 Å². The van der Waals surface area contributed by atoms with E-state index in [2.05, 4.69) is 5.16 Å². The zero-order valence-corrected chi connectivity index (χ0v) is 16.6. The SMILES string of the molecule is COc1ccc(-c2conc2-c2cc(C)c(OC)c(OC)c2)cc1O[P+](=O)O. The molecule has 0 bridgehead atoms. The first-order valence-corrected chi connectivity index (χ1v) is 9.31. The predicted octanol–water partition coefficient (Wildman–Crippen LogP) is 4.37. The van der Waals surface area contributed by atoms with Gasteiger partial charge in [0.2, 0.25) is 5.75 Å². The monoisotopic (exact) mass is 404 g/mol. The Morgan fingerprint density at radius 2 is 1.68 bits per heavy atom. The van der Waals surface area contributed by atoms with Crippen LogP contribution in [-0.4, -0.2) is 31.4 Å². The Morgan fingerprint density at radius 1 is 0.964 bits per heavy atom. The van der Waals surface area contributed by atoms with Crippen molar-refractivity contribution >= 4 is 8.25 Å². The van der Waals surface area contributed by atoms with Gasteiger partial charge in [-0.05, 0) is 42.3 Å². The largest absolute Gasteiger partial charge is 0.747 e. The fraction of sp³-hybridized carbons (Fsp3) is 0.211. The van der Waals surface area contributed by atoms with Gasteiger partial charge in [-0.2, -0.15) is 0 Å². The molecule has 0 radical (unpaired) electrons. The summed E-state index contributed by atoms with van der Waals surface area (Å²) >= 11 is 0. The topological polar surface area (TPSA) is 100 Å². The average molecular weight is 404 g/mol. The molecule has 3 aromatic rings. The number of benzene rings is 2. The molecule has 0 aliphatic rings. The first kappa shape index (κ1) is 19.7. The molecule has 1 N–H and O–H groups in total. The quantitative estimate of drug-likeness (QED) is 0.580. The van der Waals surface area contributed by atoms with Gasteiger partial charge in [-0.15, -0.1) is 4.89 Å². The number of rotatable bonds is 7. The van der Waals surface area contributed by atoms with Crippen LogP contribution in [0, 0.1) is 6.92 Å². The van der Waals surface area contributed by atoms with Crippen LogP contribution >= 0.6 is 8.25 Å². The first-order valence-electron chi connectivity index (χ1n) is 8.18. The van der Waals surface area contributed by atoms with Crippen LogP contribution in [-0.2, 0) is 4.57 Å². The maximum Gasteiger partial charge on any atom is 0.747 e. The summed E-state index contributed by atoms with van der Waals surface area (Å²) in [5, 5.41) is 4.12. The third-order valence-corrected chi connectivity index (χ3v) is 4.51. The second-order valence-electron chi connectivity index (χ2n) is 5.80. The van der Waals surface area contributed by atoms with E-state index in [9.17, 15) is 4.57 Å². The summed E-state index contributed by atoms with van der Waals surface area (Å²) in [5.74, 6) is 1.69. The van der Waals surface area contributed by atoms with Crippen molar-refractivity contribution in [2.75, 3.05) is 21.3 Å². The Labute approximate surface area is 162 Å². The number of aromatic nitrogens is 1. The minimum atomic E-state index is -2.84. The minimum absolute atomic E-state index is 0.138.